The van der Waals surface area contributed by atoms with Crippen molar-refractivity contribution in [1.29, 1.82) is 10.5 Å². The number of nitriles is 2. The molecule has 0 radical (unpaired) electrons. The zero-order valence-corrected chi connectivity index (χ0v) is 12.6. The molecule has 0 saturated heterocycles. The van der Waals surface area contributed by atoms with Crippen LogP contribution in [0.5, 0.6) is 0 Å². The van der Waals surface area contributed by atoms with E-state index >= 15 is 0 Å². The molecule has 4 nitrogen and oxygen atoms in total. The summed E-state index contributed by atoms with van der Waals surface area (Å²) >= 11 is 0. The Balaban J connectivity index is 2.09. The van der Waals surface area contributed by atoms with Gasteiger partial charge in [-0.2, -0.15) is 10.5 Å². The van der Waals surface area contributed by atoms with Crippen molar-refractivity contribution in [3.8, 4) is 12.1 Å². The highest BCUT2D eigenvalue weighted by Crippen LogP contribution is 2.65. The summed E-state index contributed by atoms with van der Waals surface area (Å²) in [5, 5.41) is 21.5. The van der Waals surface area contributed by atoms with Gasteiger partial charge < -0.3 is 5.32 Å². The lowest BCUT2D eigenvalue weighted by Crippen LogP contribution is -2.27. The Kier molecular flexibility index (Phi) is 3.75. The molecule has 1 aromatic carbocycles. The summed E-state index contributed by atoms with van der Waals surface area (Å²) < 4.78 is 0. The standard InChI is InChI=1S/C17H19N3O/c1-16(2,3)14-13(17(14,10-18)11-19)15(21)20-9-12-7-5-4-6-8-12/h4-8,13-14H,9H2,1-3H3,(H,20,21)/t13-,14-/m1/s1. The molecule has 0 aliphatic heterocycles. The number of carbonyl (C=O) groups is 1. The molecule has 1 N–H and O–H groups in total. The Hall–Kier alpha value is -2.33. The summed E-state index contributed by atoms with van der Waals surface area (Å²) in [4.78, 5) is 12.4. The van der Waals surface area contributed by atoms with E-state index in [2.05, 4.69) is 17.5 Å². The second kappa shape index (κ2) is 5.22. The Labute approximate surface area is 125 Å². The van der Waals surface area contributed by atoms with Crippen LogP contribution >= 0.6 is 0 Å². The molecule has 4 heteroatoms. The third kappa shape index (κ3) is 2.62. The van der Waals surface area contributed by atoms with Gasteiger partial charge in [-0.3, -0.25) is 4.79 Å². The van der Waals surface area contributed by atoms with Crippen molar-refractivity contribution in [3.63, 3.8) is 0 Å². The van der Waals surface area contributed by atoms with Crippen LogP contribution in [-0.4, -0.2) is 5.91 Å². The summed E-state index contributed by atoms with van der Waals surface area (Å²) in [5.74, 6) is -0.978. The maximum absolute atomic E-state index is 12.4. The van der Waals surface area contributed by atoms with Crippen molar-refractivity contribution in [2.45, 2.75) is 27.3 Å². The maximum atomic E-state index is 12.4. The van der Waals surface area contributed by atoms with Crippen molar-refractivity contribution in [3.05, 3.63) is 35.9 Å². The van der Waals surface area contributed by atoms with Gasteiger partial charge in [0.1, 0.15) is 0 Å². The molecule has 1 fully saturated rings. The largest absolute Gasteiger partial charge is 0.352 e. The first-order valence-electron chi connectivity index (χ1n) is 7.01. The predicted molar refractivity (Wildman–Crippen MR) is 78.4 cm³/mol. The van der Waals surface area contributed by atoms with Crippen LogP contribution < -0.4 is 5.32 Å². The number of benzene rings is 1. The average Bonchev–Trinajstić information content (AvgIpc) is 3.16. The number of amides is 1. The molecule has 21 heavy (non-hydrogen) atoms. The molecule has 0 unspecified atom stereocenters. The van der Waals surface area contributed by atoms with Crippen molar-refractivity contribution in [2.24, 2.45) is 22.7 Å². The van der Waals surface area contributed by atoms with Crippen molar-refractivity contribution in [1.82, 2.24) is 5.32 Å². The summed E-state index contributed by atoms with van der Waals surface area (Å²) in [6.07, 6.45) is 0. The van der Waals surface area contributed by atoms with Gasteiger partial charge in [0.15, 0.2) is 5.41 Å². The Morgan fingerprint density at radius 3 is 2.24 bits per heavy atom. The molecule has 108 valence electrons. The van der Waals surface area contributed by atoms with Gasteiger partial charge in [0.05, 0.1) is 18.1 Å². The quantitative estimate of drug-likeness (QED) is 0.925. The van der Waals surface area contributed by atoms with Crippen LogP contribution in [0.3, 0.4) is 0 Å². The Bertz CT molecular complexity index is 602. The third-order valence-electron chi connectivity index (χ3n) is 4.10. The molecule has 1 amide bonds. The van der Waals surface area contributed by atoms with E-state index in [1.165, 1.54) is 0 Å². The minimum atomic E-state index is -1.18. The number of hydrogen-bond donors (Lipinski definition) is 1. The fourth-order valence-electron chi connectivity index (χ4n) is 3.13. The molecule has 1 aliphatic carbocycles. The minimum Gasteiger partial charge on any atom is -0.352 e. The SMILES string of the molecule is CC(C)(C)[C@H]1[C@H](C(=O)NCc2ccccc2)C1(C#N)C#N. The second-order valence-corrected chi connectivity index (χ2v) is 6.62. The maximum Gasteiger partial charge on any atom is 0.226 e. The van der Waals surface area contributed by atoms with Gasteiger partial charge in [-0.15, -0.1) is 0 Å². The molecular formula is C17H19N3O. The zero-order chi connectivity index (χ0) is 15.7. The highest BCUT2D eigenvalue weighted by Gasteiger charge is 2.73. The van der Waals surface area contributed by atoms with Crippen LogP contribution in [-0.2, 0) is 11.3 Å². The van der Waals surface area contributed by atoms with E-state index in [9.17, 15) is 15.3 Å². The predicted octanol–water partition coefficient (Wildman–Crippen LogP) is 2.63. The summed E-state index contributed by atoms with van der Waals surface area (Å²) in [6.45, 7) is 6.31. The number of hydrogen-bond acceptors (Lipinski definition) is 3. The molecule has 0 aromatic heterocycles. The summed E-state index contributed by atoms with van der Waals surface area (Å²) in [6, 6.07) is 13.7. The van der Waals surface area contributed by atoms with Crippen molar-refractivity contribution < 1.29 is 4.79 Å². The van der Waals surface area contributed by atoms with Crippen LogP contribution in [0.25, 0.3) is 0 Å². The first-order valence-corrected chi connectivity index (χ1v) is 7.01. The molecule has 2 rings (SSSR count). The third-order valence-corrected chi connectivity index (χ3v) is 4.10. The van der Waals surface area contributed by atoms with E-state index in [4.69, 9.17) is 0 Å². The van der Waals surface area contributed by atoms with Crippen LogP contribution in [0.1, 0.15) is 26.3 Å². The Morgan fingerprint density at radius 2 is 1.81 bits per heavy atom. The lowest BCUT2D eigenvalue weighted by molar-refractivity contribution is -0.123. The van der Waals surface area contributed by atoms with Gasteiger partial charge in [-0.1, -0.05) is 51.1 Å². The second-order valence-electron chi connectivity index (χ2n) is 6.62. The fraction of sp³-hybridized carbons (Fsp3) is 0.471. The van der Waals surface area contributed by atoms with Gasteiger partial charge in [-0.05, 0) is 11.0 Å². The lowest BCUT2D eigenvalue weighted by Gasteiger charge is -2.18. The van der Waals surface area contributed by atoms with Gasteiger partial charge in [0, 0.05) is 12.5 Å². The normalized spacial score (nSPS) is 22.7. The van der Waals surface area contributed by atoms with E-state index in [0.717, 1.165) is 5.56 Å². The first-order chi connectivity index (χ1) is 9.86. The number of carbonyl (C=O) groups excluding carboxylic acids is 1. The molecule has 1 aliphatic rings. The van der Waals surface area contributed by atoms with Crippen LogP contribution in [0.15, 0.2) is 30.3 Å². The van der Waals surface area contributed by atoms with Gasteiger partial charge in [0.2, 0.25) is 5.91 Å². The number of nitrogens with one attached hydrogen (secondary N) is 1. The van der Waals surface area contributed by atoms with E-state index < -0.39 is 11.3 Å². The molecule has 1 aromatic rings. The lowest BCUT2D eigenvalue weighted by atomic mass is 9.85. The summed E-state index contributed by atoms with van der Waals surface area (Å²) in [7, 11) is 0. The van der Waals surface area contributed by atoms with Gasteiger partial charge in [0.25, 0.3) is 0 Å². The Morgan fingerprint density at radius 1 is 1.24 bits per heavy atom. The molecular weight excluding hydrogens is 262 g/mol. The molecule has 0 heterocycles. The van der Waals surface area contributed by atoms with E-state index in [1.54, 1.807) is 0 Å². The topological polar surface area (TPSA) is 76.7 Å². The highest BCUT2D eigenvalue weighted by atomic mass is 16.2. The van der Waals surface area contributed by atoms with Crippen molar-refractivity contribution in [2.75, 3.05) is 0 Å². The van der Waals surface area contributed by atoms with Crippen LogP contribution in [0.4, 0.5) is 0 Å². The van der Waals surface area contributed by atoms with Crippen molar-refractivity contribution >= 4 is 5.91 Å². The van der Waals surface area contributed by atoms with E-state index in [1.807, 2.05) is 51.1 Å². The van der Waals surface area contributed by atoms with Gasteiger partial charge >= 0.3 is 0 Å². The van der Waals surface area contributed by atoms with Gasteiger partial charge in [-0.25, -0.2) is 0 Å². The highest BCUT2D eigenvalue weighted by molar-refractivity contribution is 5.85. The van der Waals surface area contributed by atoms with E-state index in [0.29, 0.717) is 6.54 Å². The fourth-order valence-corrected chi connectivity index (χ4v) is 3.13. The smallest absolute Gasteiger partial charge is 0.226 e. The van der Waals surface area contributed by atoms with E-state index in [-0.39, 0.29) is 17.2 Å². The summed E-state index contributed by atoms with van der Waals surface area (Å²) in [5.41, 5.74) is -0.433. The van der Waals surface area contributed by atoms with Crippen LogP contribution in [0.2, 0.25) is 0 Å². The van der Waals surface area contributed by atoms with Crippen LogP contribution in [0, 0.1) is 45.3 Å². The first kappa shape index (κ1) is 15.1. The zero-order valence-electron chi connectivity index (χ0n) is 12.6. The minimum absolute atomic E-state index is 0.207. The number of nitrogens with zero attached hydrogens (tertiary/aromatic N) is 2. The average molecular weight is 281 g/mol. The monoisotopic (exact) mass is 281 g/mol. The molecule has 2 atom stereocenters. The molecule has 0 spiro atoms. The number of rotatable bonds is 3. The molecule has 0 bridgehead atoms. The molecule has 1 saturated carbocycles.